The first-order valence-electron chi connectivity index (χ1n) is 8.10. The van der Waals surface area contributed by atoms with Crippen LogP contribution >= 0.6 is 0 Å². The van der Waals surface area contributed by atoms with Gasteiger partial charge in [0, 0.05) is 11.8 Å². The predicted molar refractivity (Wildman–Crippen MR) is 95.6 cm³/mol. The average Bonchev–Trinajstić information content (AvgIpc) is 3.14. The van der Waals surface area contributed by atoms with Crippen molar-refractivity contribution < 1.29 is 24.0 Å². The van der Waals surface area contributed by atoms with Crippen LogP contribution in [-0.4, -0.2) is 34.2 Å². The molecule has 3 rings (SSSR count). The molecule has 0 radical (unpaired) electrons. The van der Waals surface area contributed by atoms with Crippen molar-refractivity contribution in [2.24, 2.45) is 0 Å². The van der Waals surface area contributed by atoms with E-state index in [-0.39, 0.29) is 17.0 Å². The van der Waals surface area contributed by atoms with Gasteiger partial charge in [-0.3, -0.25) is 9.78 Å². The molecule has 0 bridgehead atoms. The van der Waals surface area contributed by atoms with Crippen molar-refractivity contribution in [1.82, 2.24) is 15.5 Å². The van der Waals surface area contributed by atoms with Crippen LogP contribution in [0.1, 0.15) is 39.6 Å². The molecule has 1 amide bonds. The Morgan fingerprint density at radius 3 is 2.52 bits per heavy atom. The van der Waals surface area contributed by atoms with Gasteiger partial charge < -0.3 is 19.7 Å². The summed E-state index contributed by atoms with van der Waals surface area (Å²) in [5.74, 6) is -1.37. The van der Waals surface area contributed by atoms with Crippen LogP contribution in [0.5, 0.6) is 5.75 Å². The van der Waals surface area contributed by atoms with E-state index in [0.717, 1.165) is 0 Å². The first kappa shape index (κ1) is 18.1. The summed E-state index contributed by atoms with van der Waals surface area (Å²) in [6.45, 7) is 1.66. The van der Waals surface area contributed by atoms with Crippen molar-refractivity contribution in [2.45, 2.75) is 13.0 Å². The number of carbonyl (C=O) groups excluding carboxylic acids is 1. The Kier molecular flexibility index (Phi) is 5.16. The molecule has 0 unspecified atom stereocenters. The molecule has 0 saturated heterocycles. The molecule has 3 aromatic rings. The van der Waals surface area contributed by atoms with Crippen LogP contribution in [0.4, 0.5) is 0 Å². The fourth-order valence-corrected chi connectivity index (χ4v) is 2.65. The molecular formula is C19H17N3O5. The van der Waals surface area contributed by atoms with Gasteiger partial charge in [-0.15, -0.1) is 0 Å². The summed E-state index contributed by atoms with van der Waals surface area (Å²) in [7, 11) is 1.55. The normalized spacial score (nSPS) is 11.6. The van der Waals surface area contributed by atoms with E-state index in [1.165, 1.54) is 6.20 Å². The Bertz CT molecular complexity index is 951. The third kappa shape index (κ3) is 3.79. The van der Waals surface area contributed by atoms with Gasteiger partial charge in [-0.2, -0.15) is 0 Å². The van der Waals surface area contributed by atoms with Crippen LogP contribution in [0.3, 0.4) is 0 Å². The molecule has 2 heterocycles. The molecule has 0 fully saturated rings. The van der Waals surface area contributed by atoms with Crippen LogP contribution in [0, 0.1) is 0 Å². The fourth-order valence-electron chi connectivity index (χ4n) is 2.65. The molecule has 8 nitrogen and oxygen atoms in total. The summed E-state index contributed by atoms with van der Waals surface area (Å²) in [4.78, 5) is 27.9. The van der Waals surface area contributed by atoms with E-state index >= 15 is 0 Å². The number of rotatable bonds is 6. The van der Waals surface area contributed by atoms with Gasteiger partial charge in [0.15, 0.2) is 0 Å². The number of amides is 1. The summed E-state index contributed by atoms with van der Waals surface area (Å²) in [5.41, 5.74) is 1.48. The number of aromatic nitrogens is 2. The minimum atomic E-state index is -1.27. The van der Waals surface area contributed by atoms with Crippen LogP contribution < -0.4 is 10.1 Å². The third-order valence-electron chi connectivity index (χ3n) is 3.96. The number of carboxylic acids is 1. The van der Waals surface area contributed by atoms with Crippen LogP contribution in [0.2, 0.25) is 0 Å². The Morgan fingerprint density at radius 1 is 1.19 bits per heavy atom. The largest absolute Gasteiger partial charge is 0.497 e. The van der Waals surface area contributed by atoms with E-state index in [4.69, 9.17) is 9.26 Å². The molecule has 0 aliphatic carbocycles. The minimum Gasteiger partial charge on any atom is -0.497 e. The van der Waals surface area contributed by atoms with Crippen LogP contribution in [-0.2, 0) is 0 Å². The summed E-state index contributed by atoms with van der Waals surface area (Å²) < 4.78 is 10.2. The minimum absolute atomic E-state index is 0.226. The van der Waals surface area contributed by atoms with E-state index in [0.29, 0.717) is 17.0 Å². The molecular weight excluding hydrogens is 350 g/mol. The molecule has 0 aliphatic heterocycles. The van der Waals surface area contributed by atoms with Crippen molar-refractivity contribution in [2.75, 3.05) is 7.11 Å². The first-order chi connectivity index (χ1) is 13.0. The highest BCUT2D eigenvalue weighted by Gasteiger charge is 2.28. The van der Waals surface area contributed by atoms with E-state index in [9.17, 15) is 14.7 Å². The SMILES string of the molecule is COc1ccc(-c2noc(C(=O)O)c2[C@@H](C)NC(=O)c2ccccn2)cc1. The molecule has 27 heavy (non-hydrogen) atoms. The van der Waals surface area contributed by atoms with Crippen molar-refractivity contribution >= 4 is 11.9 Å². The zero-order chi connectivity index (χ0) is 19.4. The van der Waals surface area contributed by atoms with Crippen LogP contribution in [0.25, 0.3) is 11.3 Å². The lowest BCUT2D eigenvalue weighted by Crippen LogP contribution is -2.28. The van der Waals surface area contributed by atoms with Crippen molar-refractivity contribution in [3.8, 4) is 17.0 Å². The molecule has 0 spiro atoms. The highest BCUT2D eigenvalue weighted by atomic mass is 16.5. The van der Waals surface area contributed by atoms with Gasteiger partial charge in [0.25, 0.3) is 5.91 Å². The number of hydrogen-bond acceptors (Lipinski definition) is 6. The standard InChI is InChI=1S/C19H17N3O5/c1-11(21-18(23)14-5-3-4-10-20-14)15-16(22-27-17(15)19(24)25)12-6-8-13(26-2)9-7-12/h3-11H,1-2H3,(H,21,23)(H,24,25)/t11-/m1/s1. The third-order valence-corrected chi connectivity index (χ3v) is 3.96. The van der Waals surface area contributed by atoms with Crippen molar-refractivity contribution in [3.63, 3.8) is 0 Å². The van der Waals surface area contributed by atoms with Crippen LogP contribution in [0.15, 0.2) is 53.2 Å². The van der Waals surface area contributed by atoms with Gasteiger partial charge >= 0.3 is 5.97 Å². The second-order valence-electron chi connectivity index (χ2n) is 5.72. The number of hydrogen-bond donors (Lipinski definition) is 2. The molecule has 1 aromatic carbocycles. The predicted octanol–water partition coefficient (Wildman–Crippen LogP) is 2.93. The van der Waals surface area contributed by atoms with Gasteiger partial charge in [0.1, 0.15) is 17.1 Å². The van der Waals surface area contributed by atoms with E-state index in [1.54, 1.807) is 56.5 Å². The number of nitrogens with zero attached hydrogens (tertiary/aromatic N) is 2. The highest BCUT2D eigenvalue weighted by Crippen LogP contribution is 2.31. The Hall–Kier alpha value is -3.68. The van der Waals surface area contributed by atoms with E-state index < -0.39 is 17.9 Å². The summed E-state index contributed by atoms with van der Waals surface area (Å²) in [6, 6.07) is 11.2. The molecule has 8 heteroatoms. The summed E-state index contributed by atoms with van der Waals surface area (Å²) in [5, 5.41) is 16.1. The van der Waals surface area contributed by atoms with E-state index in [2.05, 4.69) is 15.5 Å². The number of pyridine rings is 1. The quantitative estimate of drug-likeness (QED) is 0.688. The maximum atomic E-state index is 12.4. The van der Waals surface area contributed by atoms with Gasteiger partial charge in [0.2, 0.25) is 5.76 Å². The second kappa shape index (κ2) is 7.69. The summed E-state index contributed by atoms with van der Waals surface area (Å²) >= 11 is 0. The number of nitrogens with one attached hydrogen (secondary N) is 1. The molecule has 138 valence electrons. The van der Waals surface area contributed by atoms with Gasteiger partial charge in [-0.05, 0) is 43.3 Å². The molecule has 0 saturated carbocycles. The van der Waals surface area contributed by atoms with E-state index in [1.807, 2.05) is 0 Å². The Labute approximate surface area is 154 Å². The zero-order valence-electron chi connectivity index (χ0n) is 14.7. The highest BCUT2D eigenvalue weighted by molar-refractivity contribution is 5.93. The number of benzene rings is 1. The van der Waals surface area contributed by atoms with Crippen molar-refractivity contribution in [1.29, 1.82) is 0 Å². The number of methoxy groups -OCH3 is 1. The molecule has 2 N–H and O–H groups in total. The maximum Gasteiger partial charge on any atom is 0.375 e. The zero-order valence-corrected chi connectivity index (χ0v) is 14.7. The molecule has 2 aromatic heterocycles. The van der Waals surface area contributed by atoms with Gasteiger partial charge in [0.05, 0.1) is 18.7 Å². The molecule has 1 atom stereocenters. The van der Waals surface area contributed by atoms with Gasteiger partial charge in [-0.25, -0.2) is 4.79 Å². The number of carboxylic acid groups (broad SMARTS) is 1. The number of ether oxygens (including phenoxy) is 1. The number of aromatic carboxylic acids is 1. The molecule has 0 aliphatic rings. The Morgan fingerprint density at radius 2 is 1.93 bits per heavy atom. The van der Waals surface area contributed by atoms with Gasteiger partial charge in [-0.1, -0.05) is 11.2 Å². The monoisotopic (exact) mass is 367 g/mol. The lowest BCUT2D eigenvalue weighted by molar-refractivity contribution is 0.0648. The summed E-state index contributed by atoms with van der Waals surface area (Å²) in [6.07, 6.45) is 1.50. The maximum absolute atomic E-state index is 12.4. The Balaban J connectivity index is 1.95. The van der Waals surface area contributed by atoms with Crippen molar-refractivity contribution in [3.05, 3.63) is 65.7 Å². The second-order valence-corrected chi connectivity index (χ2v) is 5.72. The fraction of sp³-hybridized carbons (Fsp3) is 0.158. The smallest absolute Gasteiger partial charge is 0.375 e. The topological polar surface area (TPSA) is 115 Å². The first-order valence-corrected chi connectivity index (χ1v) is 8.10. The lowest BCUT2D eigenvalue weighted by atomic mass is 10.00. The number of carbonyl (C=O) groups is 2. The lowest BCUT2D eigenvalue weighted by Gasteiger charge is -2.14. The average molecular weight is 367 g/mol.